The first-order valence-corrected chi connectivity index (χ1v) is 10.1. The van der Waals surface area contributed by atoms with Crippen LogP contribution in [0.5, 0.6) is 0 Å². The molecule has 0 bridgehead atoms. The molecule has 1 amide bonds. The summed E-state index contributed by atoms with van der Waals surface area (Å²) in [7, 11) is 0. The zero-order valence-electron chi connectivity index (χ0n) is 18.9. The number of alkyl carbamates (subject to hydrolysis) is 1. The van der Waals surface area contributed by atoms with Crippen LogP contribution in [0.25, 0.3) is 5.53 Å². The van der Waals surface area contributed by atoms with Crippen molar-refractivity contribution >= 4 is 30.0 Å². The van der Waals surface area contributed by atoms with Crippen molar-refractivity contribution in [3.63, 3.8) is 0 Å². The van der Waals surface area contributed by atoms with Crippen LogP contribution in [0.15, 0.2) is 30.3 Å². The molecule has 0 saturated heterocycles. The van der Waals surface area contributed by atoms with Gasteiger partial charge < -0.3 is 25.1 Å². The number of hydrogen-bond donors (Lipinski definition) is 1. The molecule has 174 valence electrons. The minimum atomic E-state index is -1.35. The summed E-state index contributed by atoms with van der Waals surface area (Å²) in [6.07, 6.45) is -2.47. The number of benzene rings is 1. The fraction of sp³-hybridized carbons (Fsp3) is 0.500. The third kappa shape index (κ3) is 9.53. The van der Waals surface area contributed by atoms with E-state index in [4.69, 9.17) is 19.7 Å². The molecule has 0 saturated carbocycles. The molecule has 1 rings (SSSR count). The van der Waals surface area contributed by atoms with Gasteiger partial charge in [0.05, 0.1) is 11.5 Å². The van der Waals surface area contributed by atoms with E-state index in [0.29, 0.717) is 11.8 Å². The molecule has 0 unspecified atom stereocenters. The predicted molar refractivity (Wildman–Crippen MR) is 113 cm³/mol. The fourth-order valence-corrected chi connectivity index (χ4v) is 2.30. The highest BCUT2D eigenvalue weighted by Gasteiger charge is 2.31. The number of ketones is 1. The quantitative estimate of drug-likeness (QED) is 0.191. The maximum Gasteiger partial charge on any atom is 0.411 e. The maximum absolute atomic E-state index is 12.5. The van der Waals surface area contributed by atoms with Crippen LogP contribution >= 0.6 is 0 Å². The number of hydrogen-bond acceptors (Lipinski definition) is 7. The molecule has 0 radical (unpaired) electrons. The van der Waals surface area contributed by atoms with E-state index in [0.717, 1.165) is 0 Å². The number of nitrogens with one attached hydrogen (secondary N) is 1. The number of Topliss-reactive ketones (excluding diaryl/α,β-unsaturated/α-hetero) is 1. The maximum atomic E-state index is 12.5. The highest BCUT2D eigenvalue weighted by molar-refractivity contribution is 6.25. The van der Waals surface area contributed by atoms with Gasteiger partial charge in [-0.3, -0.25) is 9.59 Å². The van der Waals surface area contributed by atoms with E-state index in [1.165, 1.54) is 0 Å². The van der Waals surface area contributed by atoms with Gasteiger partial charge in [0, 0.05) is 12.0 Å². The average molecular weight is 447 g/mol. The van der Waals surface area contributed by atoms with Gasteiger partial charge >= 0.3 is 24.2 Å². The van der Waals surface area contributed by atoms with Crippen molar-refractivity contribution in [3.05, 3.63) is 41.4 Å². The third-order valence-corrected chi connectivity index (χ3v) is 3.92. The number of rotatable bonds is 10. The number of amides is 1. The second kappa shape index (κ2) is 12.4. The molecule has 10 heteroatoms. The normalized spacial score (nSPS) is 12.7. The number of nitrogens with zero attached hydrogens (tertiary/aromatic N) is 2. The Balaban J connectivity index is 2.98. The molecule has 32 heavy (non-hydrogen) atoms. The van der Waals surface area contributed by atoms with Crippen LogP contribution in [0.4, 0.5) is 4.79 Å². The second-order valence-electron chi connectivity index (χ2n) is 8.24. The van der Waals surface area contributed by atoms with Crippen molar-refractivity contribution < 1.29 is 38.2 Å². The fourth-order valence-electron chi connectivity index (χ4n) is 2.30. The minimum absolute atomic E-state index is 0.122. The molecule has 2 atom stereocenters. The molecule has 0 aromatic heterocycles. The number of carbonyl (C=O) groups is 4. The Morgan fingerprint density at radius 2 is 1.69 bits per heavy atom. The van der Waals surface area contributed by atoms with Crippen LogP contribution in [0.3, 0.4) is 0 Å². The molecule has 10 nitrogen and oxygen atoms in total. The zero-order valence-corrected chi connectivity index (χ0v) is 18.9. The SMILES string of the molecule is CC(C)OC(=O)[C@H](CCC(=O)C=[N+]=[N-])NC(=O)O[C@H](OC(=O)C(C)(C)C)c1ccccc1. The predicted octanol–water partition coefficient (Wildman–Crippen LogP) is 2.97. The Hall–Kier alpha value is -3.52. The highest BCUT2D eigenvalue weighted by Crippen LogP contribution is 2.25. The summed E-state index contributed by atoms with van der Waals surface area (Å²) in [4.78, 5) is 51.5. The van der Waals surface area contributed by atoms with E-state index in [1.54, 1.807) is 65.0 Å². The molecule has 0 aliphatic rings. The molecule has 1 aromatic carbocycles. The second-order valence-corrected chi connectivity index (χ2v) is 8.24. The molecule has 0 aliphatic heterocycles. The lowest BCUT2D eigenvalue weighted by molar-refractivity contribution is -0.179. The molecular weight excluding hydrogens is 418 g/mol. The van der Waals surface area contributed by atoms with E-state index in [1.807, 2.05) is 0 Å². The van der Waals surface area contributed by atoms with Gasteiger partial charge in [0.15, 0.2) is 0 Å². The number of esters is 2. The molecular formula is C22H29N3O7. The molecule has 1 aromatic rings. The van der Waals surface area contributed by atoms with Gasteiger partial charge in [-0.1, -0.05) is 30.3 Å². The molecule has 1 N–H and O–H groups in total. The smallest absolute Gasteiger partial charge is 0.411 e. The van der Waals surface area contributed by atoms with Crippen LogP contribution in [0.2, 0.25) is 0 Å². The van der Waals surface area contributed by atoms with Gasteiger partial charge in [-0.15, -0.1) is 0 Å². The Labute approximate surface area is 186 Å². The first kappa shape index (κ1) is 26.5. The Bertz CT molecular complexity index is 856. The topological polar surface area (TPSA) is 144 Å². The largest absolute Gasteiger partial charge is 0.461 e. The standard InChI is InChI=1S/C22H29N3O7/c1-14(2)30-18(27)17(12-11-16(26)13-24-23)25-21(29)32-19(15-9-7-6-8-10-15)31-20(28)22(3,4)5/h6-10,13-14,17,19H,11-12H2,1-5H3,(H,25,29)/t17-,19-/m0/s1. The van der Waals surface area contributed by atoms with Crippen LogP contribution in [-0.2, 0) is 28.6 Å². The van der Waals surface area contributed by atoms with Crippen molar-refractivity contribution in [1.29, 1.82) is 0 Å². The minimum Gasteiger partial charge on any atom is -0.461 e. The van der Waals surface area contributed by atoms with Crippen molar-refractivity contribution in [2.24, 2.45) is 5.41 Å². The summed E-state index contributed by atoms with van der Waals surface area (Å²) < 4.78 is 15.8. The molecule has 0 fully saturated rings. The van der Waals surface area contributed by atoms with Gasteiger partial charge in [-0.25, -0.2) is 9.59 Å². The third-order valence-electron chi connectivity index (χ3n) is 3.92. The Kier molecular flexibility index (Phi) is 10.2. The van der Waals surface area contributed by atoms with Crippen molar-refractivity contribution in [2.45, 2.75) is 65.9 Å². The van der Waals surface area contributed by atoms with Crippen molar-refractivity contribution in [3.8, 4) is 0 Å². The lowest BCUT2D eigenvalue weighted by Gasteiger charge is -2.24. The zero-order chi connectivity index (χ0) is 24.3. The van der Waals surface area contributed by atoms with Gasteiger partial charge in [-0.2, -0.15) is 4.79 Å². The summed E-state index contributed by atoms with van der Waals surface area (Å²) in [5, 5.41) is 2.35. The summed E-state index contributed by atoms with van der Waals surface area (Å²) in [6, 6.07) is 7.14. The van der Waals surface area contributed by atoms with Crippen LogP contribution in [-0.4, -0.2) is 47.0 Å². The summed E-state index contributed by atoms with van der Waals surface area (Å²) in [6.45, 7) is 8.23. The van der Waals surface area contributed by atoms with E-state index in [9.17, 15) is 19.2 Å². The van der Waals surface area contributed by atoms with Crippen LogP contribution in [0.1, 0.15) is 59.3 Å². The lowest BCUT2D eigenvalue weighted by Crippen LogP contribution is -2.44. The van der Waals surface area contributed by atoms with E-state index >= 15 is 0 Å². The van der Waals surface area contributed by atoms with Crippen LogP contribution < -0.4 is 5.32 Å². The molecule has 0 heterocycles. The monoisotopic (exact) mass is 447 g/mol. The highest BCUT2D eigenvalue weighted by atomic mass is 16.7. The van der Waals surface area contributed by atoms with Gasteiger partial charge in [0.25, 0.3) is 6.29 Å². The van der Waals surface area contributed by atoms with Crippen molar-refractivity contribution in [1.82, 2.24) is 5.32 Å². The van der Waals surface area contributed by atoms with Gasteiger partial charge in [-0.05, 0) is 41.0 Å². The van der Waals surface area contributed by atoms with Gasteiger partial charge in [0.2, 0.25) is 5.78 Å². The van der Waals surface area contributed by atoms with E-state index < -0.39 is 47.7 Å². The van der Waals surface area contributed by atoms with Crippen molar-refractivity contribution in [2.75, 3.05) is 0 Å². The Morgan fingerprint density at radius 1 is 1.06 bits per heavy atom. The number of ether oxygens (including phenoxy) is 3. The van der Waals surface area contributed by atoms with E-state index in [2.05, 4.69) is 10.1 Å². The molecule has 0 aliphatic carbocycles. The summed E-state index contributed by atoms with van der Waals surface area (Å²) >= 11 is 0. The number of carbonyl (C=O) groups excluding carboxylic acids is 4. The summed E-state index contributed by atoms with van der Waals surface area (Å²) in [5.41, 5.74) is 8.01. The summed E-state index contributed by atoms with van der Waals surface area (Å²) in [5.74, 6) is -1.91. The lowest BCUT2D eigenvalue weighted by atomic mass is 9.97. The van der Waals surface area contributed by atoms with Gasteiger partial charge in [0.1, 0.15) is 6.04 Å². The average Bonchev–Trinajstić information content (AvgIpc) is 2.70. The van der Waals surface area contributed by atoms with Crippen LogP contribution in [0, 0.1) is 5.41 Å². The first-order chi connectivity index (χ1) is 14.9. The Morgan fingerprint density at radius 3 is 2.22 bits per heavy atom. The van der Waals surface area contributed by atoms with E-state index in [-0.39, 0.29) is 12.8 Å². The first-order valence-electron chi connectivity index (χ1n) is 10.1. The molecule has 0 spiro atoms.